The molecule has 0 radical (unpaired) electrons. The van der Waals surface area contributed by atoms with E-state index in [9.17, 15) is 19.2 Å². The first kappa shape index (κ1) is 34.7. The van der Waals surface area contributed by atoms with Gasteiger partial charge in [0.2, 0.25) is 5.91 Å². The minimum Gasteiger partial charge on any atom is -0.369 e. The summed E-state index contributed by atoms with van der Waals surface area (Å²) in [5, 5.41) is 15.8. The molecule has 9 rings (SSSR count). The van der Waals surface area contributed by atoms with E-state index >= 15 is 4.39 Å². The van der Waals surface area contributed by atoms with Gasteiger partial charge in [0.05, 0.1) is 24.3 Å². The van der Waals surface area contributed by atoms with Gasteiger partial charge in [-0.1, -0.05) is 12.1 Å². The minimum atomic E-state index is -1.04. The fraction of sp³-hybridized carbons (Fsp3) is 0.316. The number of halogens is 1. The Morgan fingerprint density at radius 1 is 0.927 bits per heavy atom. The Morgan fingerprint density at radius 3 is 2.51 bits per heavy atom. The lowest BCUT2D eigenvalue weighted by molar-refractivity contribution is -0.121. The molecule has 2 aromatic carbocycles. The molecule has 2 fully saturated rings. The van der Waals surface area contributed by atoms with Gasteiger partial charge in [0, 0.05) is 86.3 Å². The number of nitrogens with one attached hydrogen (secondary N) is 2. The highest BCUT2D eigenvalue weighted by Gasteiger charge is 2.42. The van der Waals surface area contributed by atoms with Crippen LogP contribution < -0.4 is 20.4 Å². The number of benzene rings is 2. The molecule has 7 heterocycles. The topological polar surface area (TPSA) is 162 Å². The summed E-state index contributed by atoms with van der Waals surface area (Å²) in [6, 6.07) is 13.2. The third kappa shape index (κ3) is 6.69. The van der Waals surface area contributed by atoms with Crippen molar-refractivity contribution >= 4 is 51.7 Å². The van der Waals surface area contributed by atoms with Crippen molar-refractivity contribution < 1.29 is 23.6 Å². The van der Waals surface area contributed by atoms with Crippen LogP contribution in [0.2, 0.25) is 0 Å². The zero-order valence-corrected chi connectivity index (χ0v) is 30.5. The Kier molecular flexibility index (Phi) is 9.01. The van der Waals surface area contributed by atoms with Crippen LogP contribution in [0, 0.1) is 5.82 Å². The zero-order valence-electron chi connectivity index (χ0n) is 29.7. The molecule has 5 aromatic rings. The molecule has 2 N–H and O–H groups in total. The number of fused-ring (bicyclic) bond motifs is 2. The second-order valence-corrected chi connectivity index (χ2v) is 14.9. The lowest BCUT2D eigenvalue weighted by atomic mass is 9.99. The smallest absolute Gasteiger partial charge is 0.329 e. The van der Waals surface area contributed by atoms with Crippen molar-refractivity contribution in [3.05, 3.63) is 100 Å². The van der Waals surface area contributed by atoms with Gasteiger partial charge >= 0.3 is 6.03 Å². The van der Waals surface area contributed by atoms with E-state index in [2.05, 4.69) is 40.6 Å². The summed E-state index contributed by atoms with van der Waals surface area (Å²) in [6.45, 7) is 4.84. The van der Waals surface area contributed by atoms with Crippen LogP contribution in [0.15, 0.2) is 66.4 Å². The average Bonchev–Trinajstić information content (AvgIpc) is 4.01. The van der Waals surface area contributed by atoms with E-state index < -0.39 is 29.7 Å². The van der Waals surface area contributed by atoms with Crippen molar-refractivity contribution in [2.24, 2.45) is 0 Å². The number of carbonyl (C=O) groups is 4. The molecule has 0 spiro atoms. The highest BCUT2D eigenvalue weighted by Crippen LogP contribution is 2.38. The molecule has 0 bridgehead atoms. The molecule has 1 atom stereocenters. The van der Waals surface area contributed by atoms with Crippen molar-refractivity contribution in [2.45, 2.75) is 44.9 Å². The number of anilines is 3. The number of hydrogen-bond acceptors (Lipinski definition) is 11. The van der Waals surface area contributed by atoms with Crippen LogP contribution in [0.25, 0.3) is 11.1 Å². The third-order valence-corrected chi connectivity index (χ3v) is 11.3. The number of thiazole rings is 1. The summed E-state index contributed by atoms with van der Waals surface area (Å²) in [5.41, 5.74) is 5.11. The summed E-state index contributed by atoms with van der Waals surface area (Å²) >= 11 is 1.28. The van der Waals surface area contributed by atoms with E-state index in [1.54, 1.807) is 30.0 Å². The second-order valence-electron chi connectivity index (χ2n) is 14.0. The minimum absolute atomic E-state index is 0.0498. The van der Waals surface area contributed by atoms with Gasteiger partial charge in [-0.15, -0.1) is 16.4 Å². The van der Waals surface area contributed by atoms with Gasteiger partial charge in [-0.2, -0.15) is 5.10 Å². The van der Waals surface area contributed by atoms with E-state index in [1.807, 2.05) is 34.9 Å². The molecule has 280 valence electrons. The van der Waals surface area contributed by atoms with Crippen molar-refractivity contribution in [1.29, 1.82) is 0 Å². The van der Waals surface area contributed by atoms with Gasteiger partial charge in [-0.05, 0) is 60.4 Å². The predicted octanol–water partition coefficient (Wildman–Crippen LogP) is 3.99. The molecule has 0 saturated carbocycles. The number of aryl methyl sites for hydroxylation is 1. The molecule has 0 aliphatic carbocycles. The summed E-state index contributed by atoms with van der Waals surface area (Å²) in [6.07, 6.45) is 5.19. The van der Waals surface area contributed by atoms with Crippen LogP contribution in [-0.4, -0.2) is 91.0 Å². The third-order valence-electron chi connectivity index (χ3n) is 10.6. The molecule has 17 heteroatoms. The van der Waals surface area contributed by atoms with Crippen molar-refractivity contribution in [3.63, 3.8) is 0 Å². The fourth-order valence-corrected chi connectivity index (χ4v) is 8.32. The van der Waals surface area contributed by atoms with Gasteiger partial charge in [-0.3, -0.25) is 34.8 Å². The van der Waals surface area contributed by atoms with Crippen LogP contribution in [-0.2, 0) is 35.6 Å². The number of imide groups is 1. The SMILES string of the molecule is O=C1CCN(c2ccc(CN3CCN(c4ccc(-c5cc(F)c6c(c5)C(=O)N(C(C(=O)Nc5nccs5)c5ncn7c5CCC7)C6)cc4)CC3)nn2)C(=O)N1. The van der Waals surface area contributed by atoms with Gasteiger partial charge in [0.25, 0.3) is 11.8 Å². The number of aromatic nitrogens is 5. The summed E-state index contributed by atoms with van der Waals surface area (Å²) in [5.74, 6) is -1.23. The van der Waals surface area contributed by atoms with Crippen molar-refractivity contribution in [3.8, 4) is 11.1 Å². The molecule has 2 saturated heterocycles. The maximum Gasteiger partial charge on any atom is 0.329 e. The van der Waals surface area contributed by atoms with Crippen LogP contribution in [0.5, 0.6) is 0 Å². The normalized spacial score (nSPS) is 17.7. The Morgan fingerprint density at radius 2 is 1.76 bits per heavy atom. The summed E-state index contributed by atoms with van der Waals surface area (Å²) in [4.78, 5) is 67.6. The maximum atomic E-state index is 15.9. The number of urea groups is 1. The second kappa shape index (κ2) is 14.3. The van der Waals surface area contributed by atoms with Crippen LogP contribution >= 0.6 is 11.3 Å². The highest BCUT2D eigenvalue weighted by atomic mass is 32.1. The van der Waals surface area contributed by atoms with Crippen molar-refractivity contribution in [1.82, 2.24) is 39.8 Å². The Hall–Kier alpha value is -6.07. The fourth-order valence-electron chi connectivity index (χ4n) is 7.79. The summed E-state index contributed by atoms with van der Waals surface area (Å²) in [7, 11) is 0. The lowest BCUT2D eigenvalue weighted by Crippen LogP contribution is -2.50. The van der Waals surface area contributed by atoms with Gasteiger partial charge in [-0.25, -0.2) is 19.2 Å². The molecule has 5 amide bonds. The predicted molar refractivity (Wildman–Crippen MR) is 201 cm³/mol. The molecular weight excluding hydrogens is 726 g/mol. The van der Waals surface area contributed by atoms with Crippen molar-refractivity contribution in [2.75, 3.05) is 47.8 Å². The maximum absolute atomic E-state index is 15.9. The average molecular weight is 762 g/mol. The highest BCUT2D eigenvalue weighted by molar-refractivity contribution is 7.13. The van der Waals surface area contributed by atoms with Gasteiger partial charge in [0.15, 0.2) is 17.0 Å². The van der Waals surface area contributed by atoms with E-state index in [0.717, 1.165) is 68.2 Å². The van der Waals surface area contributed by atoms with E-state index in [0.29, 0.717) is 28.8 Å². The van der Waals surface area contributed by atoms with E-state index in [4.69, 9.17) is 0 Å². The van der Waals surface area contributed by atoms with Crippen LogP contribution in [0.3, 0.4) is 0 Å². The lowest BCUT2D eigenvalue weighted by Gasteiger charge is -2.36. The number of amides is 5. The number of piperazine rings is 1. The largest absolute Gasteiger partial charge is 0.369 e. The molecule has 1 unspecified atom stereocenters. The first-order valence-corrected chi connectivity index (χ1v) is 19.1. The number of carbonyl (C=O) groups excluding carboxylic acids is 4. The first-order chi connectivity index (χ1) is 26.8. The van der Waals surface area contributed by atoms with Crippen LogP contribution in [0.4, 0.5) is 25.8 Å². The molecule has 4 aliphatic rings. The number of rotatable bonds is 9. The van der Waals surface area contributed by atoms with Gasteiger partial charge in [0.1, 0.15) is 5.82 Å². The standard InChI is InChI=1S/C38H36FN11O4S/c39-29-19-24(18-27-28(29)21-50(36(27)53)34(35(52)43-37-40-10-17-55-37)33-30-2-1-11-48(30)22-41-33)23-3-6-26(7-4-23)47-15-13-46(14-16-47)20-25-5-8-31(45-44-25)49-12-9-32(51)42-38(49)54/h3-8,10,17-19,22,34H,1-2,9,11-16,20-21H2,(H,40,43,52)(H,42,51,54). The van der Waals surface area contributed by atoms with Crippen LogP contribution in [0.1, 0.15) is 51.9 Å². The van der Waals surface area contributed by atoms with E-state index in [1.165, 1.54) is 27.2 Å². The Bertz CT molecular complexity index is 2290. The molecule has 55 heavy (non-hydrogen) atoms. The molecule has 15 nitrogen and oxygen atoms in total. The van der Waals surface area contributed by atoms with Gasteiger partial charge < -0.3 is 14.4 Å². The number of imidazole rings is 1. The summed E-state index contributed by atoms with van der Waals surface area (Å²) < 4.78 is 17.9. The Balaban J connectivity index is 0.858. The Labute approximate surface area is 318 Å². The number of hydrogen-bond donors (Lipinski definition) is 2. The first-order valence-electron chi connectivity index (χ1n) is 18.2. The molecule has 3 aromatic heterocycles. The molecule has 4 aliphatic heterocycles. The monoisotopic (exact) mass is 761 g/mol. The zero-order chi connectivity index (χ0) is 37.6. The van der Waals surface area contributed by atoms with E-state index in [-0.39, 0.29) is 36.5 Å². The quantitative estimate of drug-likeness (QED) is 0.225. The number of nitrogens with zero attached hydrogens (tertiary/aromatic N) is 9. The molecular formula is C38H36FN11O4S.